The summed E-state index contributed by atoms with van der Waals surface area (Å²) >= 11 is 0. The SMILES string of the molecule is O=C(c1nnn(-c2ccc(F)cc2)c1C(F)(F)F)N1CCc2[nH]c3ccccc3c2C1. The van der Waals surface area contributed by atoms with E-state index in [1.165, 1.54) is 4.90 Å². The summed E-state index contributed by atoms with van der Waals surface area (Å²) in [7, 11) is 0. The van der Waals surface area contributed by atoms with Crippen LogP contribution in [0.1, 0.15) is 27.4 Å². The summed E-state index contributed by atoms with van der Waals surface area (Å²) in [4.78, 5) is 17.7. The van der Waals surface area contributed by atoms with Crippen LogP contribution in [-0.4, -0.2) is 37.3 Å². The molecular weight excluding hydrogens is 414 g/mol. The molecule has 1 amide bonds. The molecule has 1 N–H and O–H groups in total. The molecule has 0 atom stereocenters. The minimum atomic E-state index is -4.88. The zero-order valence-electron chi connectivity index (χ0n) is 15.9. The first-order valence-electron chi connectivity index (χ1n) is 9.49. The fraction of sp³-hybridized carbons (Fsp3) is 0.190. The number of benzene rings is 2. The van der Waals surface area contributed by atoms with E-state index >= 15 is 0 Å². The number of nitrogens with zero attached hydrogens (tertiary/aromatic N) is 4. The molecule has 0 aliphatic carbocycles. The number of rotatable bonds is 2. The number of hydrogen-bond donors (Lipinski definition) is 1. The Bertz CT molecular complexity index is 1290. The Morgan fingerprint density at radius 1 is 1.06 bits per heavy atom. The van der Waals surface area contributed by atoms with Crippen molar-refractivity contribution in [1.82, 2.24) is 24.9 Å². The molecule has 4 aromatic rings. The predicted molar refractivity (Wildman–Crippen MR) is 103 cm³/mol. The lowest BCUT2D eigenvalue weighted by atomic mass is 10.0. The van der Waals surface area contributed by atoms with Crippen molar-refractivity contribution in [2.24, 2.45) is 0 Å². The zero-order chi connectivity index (χ0) is 21.8. The second-order valence-corrected chi connectivity index (χ2v) is 7.28. The van der Waals surface area contributed by atoms with E-state index in [2.05, 4.69) is 15.3 Å². The Morgan fingerprint density at radius 3 is 2.55 bits per heavy atom. The normalized spacial score (nSPS) is 14.1. The van der Waals surface area contributed by atoms with Gasteiger partial charge in [-0.05, 0) is 30.3 Å². The van der Waals surface area contributed by atoms with Gasteiger partial charge in [-0.15, -0.1) is 5.10 Å². The summed E-state index contributed by atoms with van der Waals surface area (Å²) in [6.07, 6.45) is -4.40. The molecule has 1 aliphatic heterocycles. The van der Waals surface area contributed by atoms with E-state index in [0.29, 0.717) is 11.1 Å². The third-order valence-electron chi connectivity index (χ3n) is 5.38. The quantitative estimate of drug-likeness (QED) is 0.488. The molecule has 2 aromatic heterocycles. The van der Waals surface area contributed by atoms with Crippen LogP contribution in [0.5, 0.6) is 0 Å². The summed E-state index contributed by atoms with van der Waals surface area (Å²) in [5.74, 6) is -1.45. The summed E-state index contributed by atoms with van der Waals surface area (Å²) < 4.78 is 55.4. The molecule has 3 heterocycles. The van der Waals surface area contributed by atoms with Gasteiger partial charge in [0.2, 0.25) is 0 Å². The molecule has 0 saturated heterocycles. The Labute approximate surface area is 173 Å². The van der Waals surface area contributed by atoms with Crippen LogP contribution >= 0.6 is 0 Å². The molecule has 0 fully saturated rings. The first kappa shape index (κ1) is 19.3. The standard InChI is InChI=1S/C21H15F4N5O/c22-12-5-7-13(8-6-12)30-19(21(23,24)25)18(27-28-30)20(31)29-10-9-17-15(11-29)14-3-1-2-4-16(14)26-17/h1-8,26H,9-11H2. The zero-order valence-corrected chi connectivity index (χ0v) is 15.9. The molecule has 2 aromatic carbocycles. The number of fused-ring (bicyclic) bond motifs is 3. The number of amides is 1. The van der Waals surface area contributed by atoms with Crippen molar-refractivity contribution in [3.63, 3.8) is 0 Å². The van der Waals surface area contributed by atoms with Gasteiger partial charge in [-0.1, -0.05) is 23.4 Å². The van der Waals surface area contributed by atoms with Crippen molar-refractivity contribution < 1.29 is 22.4 Å². The minimum Gasteiger partial charge on any atom is -0.358 e. The van der Waals surface area contributed by atoms with Gasteiger partial charge in [-0.2, -0.15) is 13.2 Å². The van der Waals surface area contributed by atoms with E-state index in [-0.39, 0.29) is 18.8 Å². The summed E-state index contributed by atoms with van der Waals surface area (Å²) in [6.45, 7) is 0.415. The Kier molecular flexibility index (Phi) is 4.31. The number of hydrogen-bond acceptors (Lipinski definition) is 3. The highest BCUT2D eigenvalue weighted by molar-refractivity contribution is 5.94. The van der Waals surface area contributed by atoms with E-state index in [0.717, 1.165) is 46.4 Å². The Hall–Kier alpha value is -3.69. The Morgan fingerprint density at radius 2 is 1.81 bits per heavy atom. The van der Waals surface area contributed by atoms with Crippen LogP contribution in [0.2, 0.25) is 0 Å². The van der Waals surface area contributed by atoms with Gasteiger partial charge in [0.1, 0.15) is 5.82 Å². The number of aromatic amines is 1. The number of H-pyrrole nitrogens is 1. The van der Waals surface area contributed by atoms with Crippen molar-refractivity contribution in [3.8, 4) is 5.69 Å². The molecule has 5 rings (SSSR count). The van der Waals surface area contributed by atoms with Crippen LogP contribution < -0.4 is 0 Å². The van der Waals surface area contributed by atoms with Gasteiger partial charge >= 0.3 is 6.18 Å². The van der Waals surface area contributed by atoms with Crippen LogP contribution in [0.3, 0.4) is 0 Å². The lowest BCUT2D eigenvalue weighted by molar-refractivity contribution is -0.143. The highest BCUT2D eigenvalue weighted by Gasteiger charge is 2.43. The maximum atomic E-state index is 13.9. The van der Waals surface area contributed by atoms with Gasteiger partial charge in [-0.3, -0.25) is 4.79 Å². The average Bonchev–Trinajstić information content (AvgIpc) is 3.35. The van der Waals surface area contributed by atoms with Gasteiger partial charge in [0, 0.05) is 41.7 Å². The van der Waals surface area contributed by atoms with Crippen LogP contribution in [-0.2, 0) is 19.1 Å². The molecular formula is C21H15F4N5O. The van der Waals surface area contributed by atoms with Crippen LogP contribution in [0.15, 0.2) is 48.5 Å². The predicted octanol–water partition coefficient (Wildman–Crippen LogP) is 4.11. The van der Waals surface area contributed by atoms with E-state index in [9.17, 15) is 22.4 Å². The maximum Gasteiger partial charge on any atom is 0.435 e. The number of alkyl halides is 3. The van der Waals surface area contributed by atoms with Crippen molar-refractivity contribution in [2.45, 2.75) is 19.1 Å². The number of aromatic nitrogens is 4. The number of nitrogens with one attached hydrogen (secondary N) is 1. The summed E-state index contributed by atoms with van der Waals surface area (Å²) in [6, 6.07) is 11.9. The first-order chi connectivity index (χ1) is 14.8. The van der Waals surface area contributed by atoms with Gasteiger partial charge in [0.15, 0.2) is 11.4 Å². The lowest BCUT2D eigenvalue weighted by Crippen LogP contribution is -2.37. The van der Waals surface area contributed by atoms with Crippen molar-refractivity contribution >= 4 is 16.8 Å². The second-order valence-electron chi connectivity index (χ2n) is 7.28. The highest BCUT2D eigenvalue weighted by atomic mass is 19.4. The van der Waals surface area contributed by atoms with Crippen LogP contribution in [0.4, 0.5) is 17.6 Å². The summed E-state index contributed by atoms with van der Waals surface area (Å²) in [5, 5.41) is 8.05. The van der Waals surface area contributed by atoms with Gasteiger partial charge < -0.3 is 9.88 Å². The van der Waals surface area contributed by atoms with E-state index < -0.39 is 29.3 Å². The average molecular weight is 429 g/mol. The molecule has 1 aliphatic rings. The largest absolute Gasteiger partial charge is 0.435 e. The van der Waals surface area contributed by atoms with E-state index in [4.69, 9.17) is 0 Å². The maximum absolute atomic E-state index is 13.9. The minimum absolute atomic E-state index is 0.0437. The van der Waals surface area contributed by atoms with E-state index in [1.54, 1.807) is 0 Å². The number of carbonyl (C=O) groups excluding carboxylic acids is 1. The molecule has 0 saturated carbocycles. The van der Waals surface area contributed by atoms with Crippen molar-refractivity contribution in [2.75, 3.05) is 6.54 Å². The lowest BCUT2D eigenvalue weighted by Gasteiger charge is -2.27. The number of halogens is 4. The number of carbonyl (C=O) groups is 1. The molecule has 31 heavy (non-hydrogen) atoms. The van der Waals surface area contributed by atoms with Crippen LogP contribution in [0, 0.1) is 5.82 Å². The molecule has 6 nitrogen and oxygen atoms in total. The molecule has 10 heteroatoms. The van der Waals surface area contributed by atoms with Crippen molar-refractivity contribution in [3.05, 3.63) is 77.0 Å². The fourth-order valence-corrected chi connectivity index (χ4v) is 3.93. The monoisotopic (exact) mass is 429 g/mol. The van der Waals surface area contributed by atoms with Crippen LogP contribution in [0.25, 0.3) is 16.6 Å². The molecule has 0 radical (unpaired) electrons. The van der Waals surface area contributed by atoms with Gasteiger partial charge in [0.25, 0.3) is 5.91 Å². The third-order valence-corrected chi connectivity index (χ3v) is 5.38. The topological polar surface area (TPSA) is 66.8 Å². The van der Waals surface area contributed by atoms with E-state index in [1.807, 2.05) is 24.3 Å². The molecule has 0 spiro atoms. The third kappa shape index (κ3) is 3.24. The highest BCUT2D eigenvalue weighted by Crippen LogP contribution is 2.34. The smallest absolute Gasteiger partial charge is 0.358 e. The second kappa shape index (κ2) is 6.93. The van der Waals surface area contributed by atoms with Crippen molar-refractivity contribution in [1.29, 1.82) is 0 Å². The Balaban J connectivity index is 1.53. The molecule has 0 unspecified atom stereocenters. The number of para-hydroxylation sites is 1. The van der Waals surface area contributed by atoms with Gasteiger partial charge in [0.05, 0.1) is 5.69 Å². The summed E-state index contributed by atoms with van der Waals surface area (Å²) in [5.41, 5.74) is 0.665. The first-order valence-corrected chi connectivity index (χ1v) is 9.49. The fourth-order valence-electron chi connectivity index (χ4n) is 3.93. The molecule has 0 bridgehead atoms. The molecule has 158 valence electrons. The van der Waals surface area contributed by atoms with Gasteiger partial charge in [-0.25, -0.2) is 9.07 Å².